The maximum absolute atomic E-state index is 12.1. The van der Waals surface area contributed by atoms with E-state index in [0.717, 1.165) is 11.3 Å². The molecule has 2 aromatic carbocycles. The largest absolute Gasteiger partial charge is 0.497 e. The fourth-order valence-corrected chi connectivity index (χ4v) is 3.33. The van der Waals surface area contributed by atoms with Crippen LogP contribution in [0.15, 0.2) is 47.6 Å². The van der Waals surface area contributed by atoms with Crippen LogP contribution in [0.2, 0.25) is 10.0 Å². The Kier molecular flexibility index (Phi) is 6.10. The Morgan fingerprint density at radius 3 is 2.63 bits per heavy atom. The number of methoxy groups -OCH3 is 1. The van der Waals surface area contributed by atoms with Gasteiger partial charge in [-0.05, 0) is 42.5 Å². The maximum Gasteiger partial charge on any atom is 0.234 e. The van der Waals surface area contributed by atoms with Gasteiger partial charge in [-0.2, -0.15) is 0 Å². The van der Waals surface area contributed by atoms with Crippen LogP contribution in [0.1, 0.15) is 0 Å². The van der Waals surface area contributed by atoms with Gasteiger partial charge >= 0.3 is 0 Å². The second-order valence-corrected chi connectivity index (χ2v) is 7.15. The topological polar surface area (TPSA) is 95.1 Å². The molecule has 1 aromatic heterocycles. The SMILES string of the molecule is COc1ccc(-c2nnc(SCC(=O)Nc3ccc(Cl)cc3Cl)n2N)cc1. The highest BCUT2D eigenvalue weighted by Gasteiger charge is 2.14. The second kappa shape index (κ2) is 8.51. The van der Waals surface area contributed by atoms with Crippen molar-refractivity contribution in [1.82, 2.24) is 14.9 Å². The van der Waals surface area contributed by atoms with Gasteiger partial charge in [0.25, 0.3) is 0 Å². The number of amides is 1. The molecule has 3 N–H and O–H groups in total. The zero-order valence-electron chi connectivity index (χ0n) is 14.1. The normalized spacial score (nSPS) is 10.6. The average molecular weight is 424 g/mol. The lowest BCUT2D eigenvalue weighted by atomic mass is 10.2. The van der Waals surface area contributed by atoms with Crippen LogP contribution < -0.4 is 15.9 Å². The molecule has 7 nitrogen and oxygen atoms in total. The number of ether oxygens (including phenoxy) is 1. The van der Waals surface area contributed by atoms with Crippen molar-refractivity contribution in [2.75, 3.05) is 24.0 Å². The van der Waals surface area contributed by atoms with Crippen LogP contribution in [-0.4, -0.2) is 33.6 Å². The number of thioether (sulfide) groups is 1. The van der Waals surface area contributed by atoms with Crippen molar-refractivity contribution in [3.8, 4) is 17.1 Å². The molecule has 0 fully saturated rings. The Bertz CT molecular complexity index is 962. The van der Waals surface area contributed by atoms with E-state index in [9.17, 15) is 4.79 Å². The summed E-state index contributed by atoms with van der Waals surface area (Å²) in [5.74, 6) is 7.12. The van der Waals surface area contributed by atoms with Gasteiger partial charge in [-0.25, -0.2) is 4.68 Å². The fourth-order valence-electron chi connectivity index (χ4n) is 2.22. The highest BCUT2D eigenvalue weighted by atomic mass is 35.5. The van der Waals surface area contributed by atoms with Crippen LogP contribution >= 0.6 is 35.0 Å². The molecule has 0 aliphatic rings. The molecule has 3 rings (SSSR count). The summed E-state index contributed by atoms with van der Waals surface area (Å²) in [5.41, 5.74) is 1.27. The van der Waals surface area contributed by atoms with Crippen LogP contribution in [0.4, 0.5) is 5.69 Å². The minimum Gasteiger partial charge on any atom is -0.497 e. The highest BCUT2D eigenvalue weighted by Crippen LogP contribution is 2.26. The summed E-state index contributed by atoms with van der Waals surface area (Å²) in [7, 11) is 1.59. The summed E-state index contributed by atoms with van der Waals surface area (Å²) >= 11 is 13.1. The number of nitrogens with zero attached hydrogens (tertiary/aromatic N) is 3. The fraction of sp³-hybridized carbons (Fsp3) is 0.118. The maximum atomic E-state index is 12.1. The Labute approximate surface area is 169 Å². The monoisotopic (exact) mass is 423 g/mol. The van der Waals surface area contributed by atoms with Crippen LogP contribution in [-0.2, 0) is 4.79 Å². The number of nitrogens with one attached hydrogen (secondary N) is 1. The Morgan fingerprint density at radius 2 is 1.96 bits per heavy atom. The number of rotatable bonds is 6. The number of anilines is 1. The summed E-state index contributed by atoms with van der Waals surface area (Å²) in [5, 5.41) is 12.1. The molecular weight excluding hydrogens is 409 g/mol. The van der Waals surface area contributed by atoms with Crippen LogP contribution in [0.3, 0.4) is 0 Å². The Morgan fingerprint density at radius 1 is 1.22 bits per heavy atom. The smallest absolute Gasteiger partial charge is 0.234 e. The minimum absolute atomic E-state index is 0.0941. The number of hydrogen-bond donors (Lipinski definition) is 2. The second-order valence-electron chi connectivity index (χ2n) is 5.37. The molecule has 1 heterocycles. The van der Waals surface area contributed by atoms with Crippen molar-refractivity contribution in [3.05, 3.63) is 52.5 Å². The summed E-state index contributed by atoms with van der Waals surface area (Å²) in [6.07, 6.45) is 0. The number of aromatic nitrogens is 3. The van der Waals surface area contributed by atoms with Crippen molar-refractivity contribution >= 4 is 46.6 Å². The predicted molar refractivity (Wildman–Crippen MR) is 108 cm³/mol. The molecule has 140 valence electrons. The third kappa shape index (κ3) is 4.65. The number of nitrogens with two attached hydrogens (primary N) is 1. The van der Waals surface area contributed by atoms with Crippen molar-refractivity contribution in [2.24, 2.45) is 0 Å². The molecule has 1 amide bonds. The minimum atomic E-state index is -0.252. The molecule has 0 atom stereocenters. The van der Waals surface area contributed by atoms with E-state index in [0.29, 0.717) is 26.7 Å². The van der Waals surface area contributed by atoms with E-state index < -0.39 is 0 Å². The lowest BCUT2D eigenvalue weighted by Gasteiger charge is -2.07. The first-order valence-corrected chi connectivity index (χ1v) is 9.44. The molecule has 0 saturated carbocycles. The Balaban J connectivity index is 1.64. The van der Waals surface area contributed by atoms with Gasteiger partial charge in [0.15, 0.2) is 5.82 Å². The molecule has 0 spiro atoms. The van der Waals surface area contributed by atoms with Gasteiger partial charge in [0.2, 0.25) is 11.1 Å². The number of halogens is 2. The first-order chi connectivity index (χ1) is 13.0. The molecule has 3 aromatic rings. The third-order valence-corrected chi connectivity index (χ3v) is 5.04. The van der Waals surface area contributed by atoms with Gasteiger partial charge in [-0.1, -0.05) is 35.0 Å². The predicted octanol–water partition coefficient (Wildman–Crippen LogP) is 3.71. The van der Waals surface area contributed by atoms with E-state index in [1.54, 1.807) is 37.4 Å². The first-order valence-electron chi connectivity index (χ1n) is 7.70. The van der Waals surface area contributed by atoms with E-state index in [2.05, 4.69) is 15.5 Å². The molecule has 0 aliphatic heterocycles. The number of hydrogen-bond acceptors (Lipinski definition) is 6. The average Bonchev–Trinajstić information content (AvgIpc) is 3.03. The molecule has 27 heavy (non-hydrogen) atoms. The van der Waals surface area contributed by atoms with Crippen molar-refractivity contribution < 1.29 is 9.53 Å². The third-order valence-electron chi connectivity index (χ3n) is 3.55. The summed E-state index contributed by atoms with van der Waals surface area (Å²) in [4.78, 5) is 12.1. The van der Waals surface area contributed by atoms with Crippen LogP contribution in [0.5, 0.6) is 5.75 Å². The first kappa shape index (κ1) is 19.3. The van der Waals surface area contributed by atoms with Crippen LogP contribution in [0.25, 0.3) is 11.4 Å². The lowest BCUT2D eigenvalue weighted by molar-refractivity contribution is -0.113. The standard InChI is InChI=1S/C17H15Cl2N5O2S/c1-26-12-5-2-10(3-6-12)16-22-23-17(24(16)20)27-9-15(25)21-14-7-4-11(18)8-13(14)19/h2-8H,9,20H2,1H3,(H,21,25). The number of benzene rings is 2. The molecule has 0 aliphatic carbocycles. The Hall–Kier alpha value is -2.42. The number of carbonyl (C=O) groups is 1. The summed E-state index contributed by atoms with van der Waals surface area (Å²) < 4.78 is 6.47. The highest BCUT2D eigenvalue weighted by molar-refractivity contribution is 7.99. The molecular formula is C17H15Cl2N5O2S. The molecule has 0 radical (unpaired) electrons. The zero-order chi connectivity index (χ0) is 19.4. The van der Waals surface area contributed by atoms with Gasteiger partial charge in [0.1, 0.15) is 5.75 Å². The van der Waals surface area contributed by atoms with E-state index in [-0.39, 0.29) is 11.7 Å². The molecule has 0 unspecified atom stereocenters. The van der Waals surface area contributed by atoms with Gasteiger partial charge in [0.05, 0.1) is 23.6 Å². The van der Waals surface area contributed by atoms with E-state index in [1.165, 1.54) is 16.4 Å². The van der Waals surface area contributed by atoms with Crippen LogP contribution in [0, 0.1) is 0 Å². The molecule has 10 heteroatoms. The van der Waals surface area contributed by atoms with Crippen molar-refractivity contribution in [3.63, 3.8) is 0 Å². The van der Waals surface area contributed by atoms with E-state index >= 15 is 0 Å². The lowest BCUT2D eigenvalue weighted by Crippen LogP contribution is -2.16. The summed E-state index contributed by atoms with van der Waals surface area (Å²) in [6, 6.07) is 12.1. The number of nitrogen functional groups attached to an aromatic ring is 1. The van der Waals surface area contributed by atoms with Crippen molar-refractivity contribution in [1.29, 1.82) is 0 Å². The van der Waals surface area contributed by atoms with Gasteiger partial charge in [-0.15, -0.1) is 10.2 Å². The van der Waals surface area contributed by atoms with Gasteiger partial charge < -0.3 is 15.9 Å². The molecule has 0 bridgehead atoms. The van der Waals surface area contributed by atoms with Crippen molar-refractivity contribution in [2.45, 2.75) is 5.16 Å². The summed E-state index contributed by atoms with van der Waals surface area (Å²) in [6.45, 7) is 0. The number of carbonyl (C=O) groups excluding carboxylic acids is 1. The van der Waals surface area contributed by atoms with Gasteiger partial charge in [0, 0.05) is 10.6 Å². The van der Waals surface area contributed by atoms with E-state index in [1.807, 2.05) is 12.1 Å². The quantitative estimate of drug-likeness (QED) is 0.463. The van der Waals surface area contributed by atoms with E-state index in [4.69, 9.17) is 33.8 Å². The molecule has 0 saturated heterocycles. The zero-order valence-corrected chi connectivity index (χ0v) is 16.5. The van der Waals surface area contributed by atoms with Gasteiger partial charge in [-0.3, -0.25) is 4.79 Å².